The van der Waals surface area contributed by atoms with Crippen molar-refractivity contribution in [3.05, 3.63) is 29.8 Å². The molecule has 1 aromatic rings. The number of nitrogens with one attached hydrogen (secondary N) is 2. The number of hydrogen-bond acceptors (Lipinski definition) is 3. The fourth-order valence-corrected chi connectivity index (χ4v) is 2.94. The normalized spacial score (nSPS) is 15.2. The molecule has 1 saturated carbocycles. The Labute approximate surface area is 192 Å². The van der Waals surface area contributed by atoms with Gasteiger partial charge >= 0.3 is 6.18 Å². The van der Waals surface area contributed by atoms with Crippen molar-refractivity contribution in [3.63, 3.8) is 0 Å². The monoisotopic (exact) mass is 542 g/mol. The van der Waals surface area contributed by atoms with Gasteiger partial charge in [-0.3, -0.25) is 4.79 Å². The van der Waals surface area contributed by atoms with Gasteiger partial charge in [0.2, 0.25) is 5.91 Å². The van der Waals surface area contributed by atoms with E-state index >= 15 is 0 Å². The highest BCUT2D eigenvalue weighted by molar-refractivity contribution is 14.0. The lowest BCUT2D eigenvalue weighted by molar-refractivity contribution is -0.153. The molecule has 6 nitrogen and oxygen atoms in total. The van der Waals surface area contributed by atoms with E-state index < -0.39 is 12.8 Å². The van der Waals surface area contributed by atoms with E-state index in [1.54, 1.807) is 26.2 Å². The number of hydrogen-bond donors (Lipinski definition) is 2. The summed E-state index contributed by atoms with van der Waals surface area (Å²) in [5.74, 6) is 0.657. The van der Waals surface area contributed by atoms with Crippen molar-refractivity contribution in [1.29, 1.82) is 0 Å². The largest absolute Gasteiger partial charge is 0.484 e. The topological polar surface area (TPSA) is 66.0 Å². The standard InChI is InChI=1S/C20H29F3N4O2.HI/c1-27(2)18(28)13-25-19(26-16-6-4-3-5-7-16)24-12-15-8-10-17(11-9-15)29-14-20(21,22)23;/h8-11,16H,3-7,12-14H2,1-2H3,(H2,24,25,26);1H. The molecule has 170 valence electrons. The molecule has 0 radical (unpaired) electrons. The molecule has 1 aromatic carbocycles. The van der Waals surface area contributed by atoms with E-state index in [9.17, 15) is 18.0 Å². The number of ether oxygens (including phenoxy) is 1. The summed E-state index contributed by atoms with van der Waals surface area (Å²) >= 11 is 0. The van der Waals surface area contributed by atoms with Gasteiger partial charge in [-0.1, -0.05) is 31.4 Å². The molecule has 1 aliphatic rings. The van der Waals surface area contributed by atoms with Crippen molar-refractivity contribution in [2.75, 3.05) is 27.2 Å². The molecule has 0 aliphatic heterocycles. The number of alkyl halides is 3. The van der Waals surface area contributed by atoms with Gasteiger partial charge in [-0.15, -0.1) is 24.0 Å². The minimum atomic E-state index is -4.36. The SMILES string of the molecule is CN(C)C(=O)CNC(=NCc1ccc(OCC(F)(F)F)cc1)NC1CCCCC1.I. The van der Waals surface area contributed by atoms with Gasteiger partial charge in [-0.2, -0.15) is 13.2 Å². The van der Waals surface area contributed by atoms with Crippen molar-refractivity contribution in [2.24, 2.45) is 4.99 Å². The summed E-state index contributed by atoms with van der Waals surface area (Å²) in [5.41, 5.74) is 0.827. The lowest BCUT2D eigenvalue weighted by atomic mass is 9.96. The molecule has 0 unspecified atom stereocenters. The van der Waals surface area contributed by atoms with E-state index in [1.165, 1.54) is 36.3 Å². The molecule has 0 bridgehead atoms. The van der Waals surface area contributed by atoms with Crippen LogP contribution in [-0.4, -0.2) is 56.2 Å². The highest BCUT2D eigenvalue weighted by atomic mass is 127. The molecular weight excluding hydrogens is 512 g/mol. The maximum atomic E-state index is 12.2. The fraction of sp³-hybridized carbons (Fsp3) is 0.600. The van der Waals surface area contributed by atoms with Crippen molar-refractivity contribution in [2.45, 2.75) is 50.9 Å². The lowest BCUT2D eigenvalue weighted by Gasteiger charge is -2.25. The predicted octanol–water partition coefficient (Wildman–Crippen LogP) is 3.70. The van der Waals surface area contributed by atoms with E-state index in [2.05, 4.69) is 15.6 Å². The molecule has 1 fully saturated rings. The first-order chi connectivity index (χ1) is 13.7. The minimum absolute atomic E-state index is 0. The number of halogens is 4. The Bertz CT molecular complexity index is 676. The van der Waals surface area contributed by atoms with Crippen LogP contribution in [0.5, 0.6) is 5.75 Å². The van der Waals surface area contributed by atoms with Gasteiger partial charge in [0.1, 0.15) is 5.75 Å². The van der Waals surface area contributed by atoms with Crippen LogP contribution in [-0.2, 0) is 11.3 Å². The van der Waals surface area contributed by atoms with Gasteiger partial charge in [0.05, 0.1) is 13.1 Å². The third kappa shape index (κ3) is 10.4. The molecule has 0 aromatic heterocycles. The average molecular weight is 542 g/mol. The first kappa shape index (κ1) is 26.3. The second-order valence-electron chi connectivity index (χ2n) is 7.33. The lowest BCUT2D eigenvalue weighted by Crippen LogP contribution is -2.47. The van der Waals surface area contributed by atoms with Crippen molar-refractivity contribution in [3.8, 4) is 5.75 Å². The highest BCUT2D eigenvalue weighted by Crippen LogP contribution is 2.19. The molecule has 30 heavy (non-hydrogen) atoms. The Balaban J connectivity index is 0.00000450. The second kappa shape index (κ2) is 12.9. The van der Waals surface area contributed by atoms with Crippen molar-refractivity contribution < 1.29 is 22.7 Å². The summed E-state index contributed by atoms with van der Waals surface area (Å²) in [4.78, 5) is 17.9. The van der Waals surface area contributed by atoms with Gasteiger partial charge in [-0.25, -0.2) is 4.99 Å². The molecule has 1 aliphatic carbocycles. The zero-order chi connectivity index (χ0) is 21.3. The van der Waals surface area contributed by atoms with Crippen LogP contribution in [0.25, 0.3) is 0 Å². The molecule has 1 amide bonds. The number of amides is 1. The molecule has 2 rings (SSSR count). The van der Waals surface area contributed by atoms with Gasteiger partial charge in [0, 0.05) is 20.1 Å². The molecule has 10 heteroatoms. The predicted molar refractivity (Wildman–Crippen MR) is 121 cm³/mol. The number of carbonyl (C=O) groups excluding carboxylic acids is 1. The molecule has 0 spiro atoms. The maximum absolute atomic E-state index is 12.2. The van der Waals surface area contributed by atoms with Crippen LogP contribution in [0.1, 0.15) is 37.7 Å². The third-order valence-corrected chi connectivity index (χ3v) is 4.60. The Morgan fingerprint density at radius 3 is 2.37 bits per heavy atom. The summed E-state index contributed by atoms with van der Waals surface area (Å²) in [6, 6.07) is 6.67. The van der Waals surface area contributed by atoms with Gasteiger partial charge < -0.3 is 20.3 Å². The van der Waals surface area contributed by atoms with Crippen LogP contribution in [0.15, 0.2) is 29.3 Å². The Morgan fingerprint density at radius 1 is 1.17 bits per heavy atom. The molecule has 0 heterocycles. The van der Waals surface area contributed by atoms with Crippen molar-refractivity contribution in [1.82, 2.24) is 15.5 Å². The summed E-state index contributed by atoms with van der Waals surface area (Å²) in [7, 11) is 3.38. The zero-order valence-electron chi connectivity index (χ0n) is 17.3. The Morgan fingerprint density at radius 2 is 1.80 bits per heavy atom. The number of nitrogens with zero attached hydrogens (tertiary/aromatic N) is 2. The highest BCUT2D eigenvalue weighted by Gasteiger charge is 2.28. The van der Waals surface area contributed by atoms with E-state index in [1.807, 2.05) is 0 Å². The number of benzene rings is 1. The number of rotatable bonds is 7. The summed E-state index contributed by atoms with van der Waals surface area (Å²) < 4.78 is 41.4. The van der Waals surface area contributed by atoms with Crippen LogP contribution >= 0.6 is 24.0 Å². The van der Waals surface area contributed by atoms with Crippen LogP contribution in [0.2, 0.25) is 0 Å². The molecule has 2 N–H and O–H groups in total. The van der Waals surface area contributed by atoms with Crippen LogP contribution < -0.4 is 15.4 Å². The smallest absolute Gasteiger partial charge is 0.422 e. The van der Waals surface area contributed by atoms with Crippen LogP contribution in [0.4, 0.5) is 13.2 Å². The van der Waals surface area contributed by atoms with Gasteiger partial charge in [-0.05, 0) is 30.5 Å². The first-order valence-corrected chi connectivity index (χ1v) is 9.76. The zero-order valence-corrected chi connectivity index (χ0v) is 19.6. The summed E-state index contributed by atoms with van der Waals surface area (Å²) in [6.07, 6.45) is 1.33. The average Bonchev–Trinajstić information content (AvgIpc) is 2.69. The first-order valence-electron chi connectivity index (χ1n) is 9.76. The minimum Gasteiger partial charge on any atom is -0.484 e. The number of guanidine groups is 1. The van der Waals surface area contributed by atoms with E-state index in [4.69, 9.17) is 4.74 Å². The summed E-state index contributed by atoms with van der Waals surface area (Å²) in [5, 5.41) is 6.45. The van der Waals surface area contributed by atoms with E-state index in [0.29, 0.717) is 18.5 Å². The van der Waals surface area contributed by atoms with Gasteiger partial charge in [0.25, 0.3) is 0 Å². The molecule has 0 saturated heterocycles. The fourth-order valence-electron chi connectivity index (χ4n) is 2.94. The van der Waals surface area contributed by atoms with Crippen molar-refractivity contribution >= 4 is 35.8 Å². The van der Waals surface area contributed by atoms with Crippen LogP contribution in [0.3, 0.4) is 0 Å². The number of aliphatic imine (C=N–C) groups is 1. The second-order valence-corrected chi connectivity index (χ2v) is 7.33. The molecule has 0 atom stereocenters. The Kier molecular flexibility index (Phi) is 11.3. The van der Waals surface area contributed by atoms with E-state index in [0.717, 1.165) is 18.4 Å². The third-order valence-electron chi connectivity index (χ3n) is 4.60. The van der Waals surface area contributed by atoms with E-state index in [-0.39, 0.29) is 42.2 Å². The van der Waals surface area contributed by atoms with Crippen LogP contribution in [0, 0.1) is 0 Å². The number of likely N-dealkylation sites (N-methyl/N-ethyl adjacent to an activating group) is 1. The quantitative estimate of drug-likeness (QED) is 0.314. The summed E-state index contributed by atoms with van der Waals surface area (Å²) in [6.45, 7) is -0.850. The number of carbonyl (C=O) groups is 1. The maximum Gasteiger partial charge on any atom is 0.422 e. The van der Waals surface area contributed by atoms with Gasteiger partial charge in [0.15, 0.2) is 12.6 Å². The molecular formula is C20H30F3IN4O2. The Hall–Kier alpha value is -1.72.